The van der Waals surface area contributed by atoms with Gasteiger partial charge < -0.3 is 18.9 Å². The zero-order chi connectivity index (χ0) is 59.6. The summed E-state index contributed by atoms with van der Waals surface area (Å²) >= 11 is 11.1. The predicted molar refractivity (Wildman–Crippen MR) is 371 cm³/mol. The first-order valence-corrected chi connectivity index (χ1v) is 35.6. The molecule has 6 heteroatoms. The summed E-state index contributed by atoms with van der Waals surface area (Å²) in [5.41, 5.74) is 5.68. The molecule has 1 atom stereocenters. The van der Waals surface area contributed by atoms with Crippen LogP contribution in [0.15, 0.2) is 84.9 Å². The molecule has 0 aliphatic carbocycles. The topological polar surface area (TPSA) is 36.9 Å². The third-order valence-corrected chi connectivity index (χ3v) is 17.5. The molecule has 4 nitrogen and oxygen atoms in total. The highest BCUT2D eigenvalue weighted by Gasteiger charge is 2.15. The summed E-state index contributed by atoms with van der Waals surface area (Å²) in [5, 5.41) is -0.244. The van der Waals surface area contributed by atoms with Crippen molar-refractivity contribution in [3.8, 4) is 46.7 Å². The summed E-state index contributed by atoms with van der Waals surface area (Å²) in [7, 11) is 0. The fourth-order valence-corrected chi connectivity index (χ4v) is 11.4. The Bertz CT molecular complexity index is 2390. The van der Waals surface area contributed by atoms with E-state index in [2.05, 4.69) is 112 Å². The zero-order valence-corrected chi connectivity index (χ0v) is 55.5. The third kappa shape index (κ3) is 34.1. The molecule has 0 heterocycles. The van der Waals surface area contributed by atoms with Crippen molar-refractivity contribution in [2.75, 3.05) is 26.4 Å². The molecule has 0 spiro atoms. The average Bonchev–Trinajstić information content (AvgIpc) is 3.73. The quantitative estimate of drug-likeness (QED) is 0.0157. The SMILES string of the molecule is CCCCCCCCCCCCOc1ccc(C#Cc2ccc(C(=S)C(S)c3ccc(C#Cc4ccc(OCCCCCCCCCCCC)c(OCCCCCCCCCCCC)c4)cc3)cc2)cc1OCCCCCCCCCCCC. The highest BCUT2D eigenvalue weighted by molar-refractivity contribution is 7.86. The molecule has 0 aliphatic heterocycles. The van der Waals surface area contributed by atoms with E-state index < -0.39 is 0 Å². The van der Waals surface area contributed by atoms with Gasteiger partial charge in [-0.05, 0) is 97.5 Å². The molecule has 0 radical (unpaired) electrons. The zero-order valence-electron chi connectivity index (χ0n) is 53.8. The van der Waals surface area contributed by atoms with Crippen LogP contribution in [0.2, 0.25) is 0 Å². The second kappa shape index (κ2) is 49.7. The van der Waals surface area contributed by atoms with Crippen molar-refractivity contribution in [1.82, 2.24) is 0 Å². The van der Waals surface area contributed by atoms with Crippen molar-refractivity contribution in [3.63, 3.8) is 0 Å². The van der Waals surface area contributed by atoms with Crippen LogP contribution < -0.4 is 18.9 Å². The van der Waals surface area contributed by atoms with Crippen molar-refractivity contribution < 1.29 is 18.9 Å². The van der Waals surface area contributed by atoms with Crippen LogP contribution in [0.25, 0.3) is 0 Å². The van der Waals surface area contributed by atoms with Gasteiger partial charge in [-0.3, -0.25) is 0 Å². The maximum atomic E-state index is 6.43. The van der Waals surface area contributed by atoms with Crippen LogP contribution in [0.1, 0.15) is 323 Å². The van der Waals surface area contributed by atoms with Gasteiger partial charge in [0.2, 0.25) is 0 Å². The lowest BCUT2D eigenvalue weighted by Gasteiger charge is -2.14. The number of rotatable bonds is 51. The van der Waals surface area contributed by atoms with E-state index in [4.69, 9.17) is 43.8 Å². The number of hydrogen-bond donors (Lipinski definition) is 1. The molecule has 0 amide bonds. The maximum Gasteiger partial charge on any atom is 0.162 e. The Hall–Kier alpha value is -4.36. The summed E-state index contributed by atoms with van der Waals surface area (Å²) in [6, 6.07) is 28.8. The molecule has 0 aromatic heterocycles. The average molecular weight is 1180 g/mol. The Morgan fingerprint density at radius 2 is 0.548 bits per heavy atom. The Morgan fingerprint density at radius 1 is 0.310 bits per heavy atom. The molecule has 4 aromatic carbocycles. The predicted octanol–water partition coefficient (Wildman–Crippen LogP) is 24.1. The fraction of sp³-hybridized carbons (Fsp3) is 0.628. The lowest BCUT2D eigenvalue weighted by atomic mass is 10.0. The van der Waals surface area contributed by atoms with E-state index in [0.29, 0.717) is 26.4 Å². The fourth-order valence-electron chi connectivity index (χ4n) is 10.8. The van der Waals surface area contributed by atoms with Crippen LogP contribution in [0, 0.1) is 23.7 Å². The molecule has 0 saturated heterocycles. The van der Waals surface area contributed by atoms with Crippen LogP contribution in [-0.4, -0.2) is 31.3 Å². The minimum absolute atomic E-state index is 0.244. The van der Waals surface area contributed by atoms with E-state index in [1.54, 1.807) is 0 Å². The van der Waals surface area contributed by atoms with Gasteiger partial charge in [-0.15, -0.1) is 0 Å². The summed E-state index contributed by atoms with van der Waals surface area (Å²) < 4.78 is 25.6. The van der Waals surface area contributed by atoms with E-state index in [1.165, 1.54) is 231 Å². The number of unbranched alkanes of at least 4 members (excludes halogenated alkanes) is 36. The second-order valence-corrected chi connectivity index (χ2v) is 24.9. The molecule has 0 N–H and O–H groups in total. The van der Waals surface area contributed by atoms with Gasteiger partial charge in [0.25, 0.3) is 0 Å². The first-order chi connectivity index (χ1) is 41.4. The Morgan fingerprint density at radius 3 is 0.845 bits per heavy atom. The van der Waals surface area contributed by atoms with E-state index >= 15 is 0 Å². The number of ether oxygens (including phenoxy) is 4. The van der Waals surface area contributed by atoms with Gasteiger partial charge in [0.15, 0.2) is 23.0 Å². The summed E-state index contributed by atoms with van der Waals surface area (Å²) in [6.45, 7) is 11.9. The van der Waals surface area contributed by atoms with Crippen LogP contribution in [-0.2, 0) is 0 Å². The van der Waals surface area contributed by atoms with Crippen molar-refractivity contribution >= 4 is 29.7 Å². The van der Waals surface area contributed by atoms with E-state index in [9.17, 15) is 0 Å². The minimum Gasteiger partial charge on any atom is -0.490 e. The number of hydrogen-bond acceptors (Lipinski definition) is 6. The number of thiol groups is 1. The van der Waals surface area contributed by atoms with Gasteiger partial charge in [0.1, 0.15) is 0 Å². The van der Waals surface area contributed by atoms with Crippen LogP contribution in [0.3, 0.4) is 0 Å². The highest BCUT2D eigenvalue weighted by atomic mass is 32.1. The van der Waals surface area contributed by atoms with Crippen molar-refractivity contribution in [2.45, 2.75) is 290 Å². The normalized spacial score (nSPS) is 11.4. The van der Waals surface area contributed by atoms with E-state index in [-0.39, 0.29) is 5.25 Å². The van der Waals surface area contributed by atoms with Crippen LogP contribution in [0.5, 0.6) is 23.0 Å². The molecular weight excluding hydrogens is 1060 g/mol. The van der Waals surface area contributed by atoms with Crippen molar-refractivity contribution in [1.29, 1.82) is 0 Å². The Labute approximate surface area is 526 Å². The van der Waals surface area contributed by atoms with Gasteiger partial charge in [0, 0.05) is 27.1 Å². The largest absolute Gasteiger partial charge is 0.490 e. The molecular formula is C78H116O4S2. The number of thiocarbonyl (C=S) groups is 1. The molecule has 0 aliphatic rings. The standard InChI is InChI=1S/C78H116O4S2/c1-5-9-13-17-21-25-29-33-37-41-61-79-73-59-53-69(65-75(73)81-63-43-39-35-31-27-23-19-15-11-7-3)47-45-67-49-55-71(56-50-67)77(83)78(84)72-57-51-68(52-58-72)46-48-70-54-60-74(80-62-42-38-34-30-26-22-18-14-10-6-2)76(66-70)82-64-44-40-36-32-28-24-20-16-12-8-4/h49-60,65-66,77,83H,5-44,61-64H2,1-4H3. The third-order valence-electron chi connectivity index (χ3n) is 16.3. The maximum absolute atomic E-state index is 6.43. The lowest BCUT2D eigenvalue weighted by Crippen LogP contribution is -2.06. The molecule has 1 unspecified atom stereocenters. The Kier molecular flexibility index (Phi) is 42.7. The molecule has 0 bridgehead atoms. The lowest BCUT2D eigenvalue weighted by molar-refractivity contribution is 0.258. The first-order valence-electron chi connectivity index (χ1n) is 34.7. The molecule has 4 rings (SSSR count). The van der Waals surface area contributed by atoms with Gasteiger partial charge in [-0.1, -0.05) is 319 Å². The smallest absolute Gasteiger partial charge is 0.162 e. The second-order valence-electron chi connectivity index (χ2n) is 23.9. The van der Waals surface area contributed by atoms with Crippen LogP contribution >= 0.6 is 24.8 Å². The molecule has 0 saturated carbocycles. The monoisotopic (exact) mass is 1180 g/mol. The summed E-state index contributed by atoms with van der Waals surface area (Å²) in [4.78, 5) is 0.773. The number of benzene rings is 4. The van der Waals surface area contributed by atoms with Gasteiger partial charge in [-0.2, -0.15) is 12.6 Å². The van der Waals surface area contributed by atoms with Crippen LogP contribution in [0.4, 0.5) is 0 Å². The summed E-state index contributed by atoms with van der Waals surface area (Å²) in [6.07, 6.45) is 52.2. The van der Waals surface area contributed by atoms with E-state index in [0.717, 1.165) is 86.9 Å². The summed E-state index contributed by atoms with van der Waals surface area (Å²) in [5.74, 6) is 16.8. The van der Waals surface area contributed by atoms with Gasteiger partial charge >= 0.3 is 0 Å². The minimum atomic E-state index is -0.244. The molecule has 84 heavy (non-hydrogen) atoms. The Balaban J connectivity index is 1.30. The van der Waals surface area contributed by atoms with Gasteiger partial charge in [0.05, 0.1) is 31.7 Å². The van der Waals surface area contributed by atoms with Gasteiger partial charge in [-0.25, -0.2) is 0 Å². The first kappa shape index (κ1) is 72.1. The molecule has 0 fully saturated rings. The van der Waals surface area contributed by atoms with E-state index in [1.807, 2.05) is 24.3 Å². The molecule has 4 aromatic rings. The van der Waals surface area contributed by atoms with Crippen molar-refractivity contribution in [3.05, 3.63) is 118 Å². The van der Waals surface area contributed by atoms with Crippen molar-refractivity contribution in [2.24, 2.45) is 0 Å². The molecule has 464 valence electrons. The highest BCUT2D eigenvalue weighted by Crippen LogP contribution is 2.32.